The van der Waals surface area contributed by atoms with Gasteiger partial charge in [-0.2, -0.15) is 0 Å². The number of nitrogens with one attached hydrogen (secondary N) is 1. The summed E-state index contributed by atoms with van der Waals surface area (Å²) in [6.07, 6.45) is 0.207. The summed E-state index contributed by atoms with van der Waals surface area (Å²) in [7, 11) is 1.57. The van der Waals surface area contributed by atoms with Crippen LogP contribution < -0.4 is 5.32 Å². The van der Waals surface area contributed by atoms with E-state index >= 15 is 0 Å². The summed E-state index contributed by atoms with van der Waals surface area (Å²) >= 11 is 0. The van der Waals surface area contributed by atoms with Gasteiger partial charge in [-0.25, -0.2) is 0 Å². The number of hydrogen-bond acceptors (Lipinski definition) is 4. The minimum atomic E-state index is -0.432. The molecule has 1 atom stereocenters. The zero-order valence-electron chi connectivity index (χ0n) is 10.4. The van der Waals surface area contributed by atoms with Crippen LogP contribution in [0.3, 0.4) is 0 Å². The molecule has 0 radical (unpaired) electrons. The van der Waals surface area contributed by atoms with E-state index in [2.05, 4.69) is 5.32 Å². The Morgan fingerprint density at radius 1 is 1.41 bits per heavy atom. The van der Waals surface area contributed by atoms with E-state index in [1.54, 1.807) is 13.2 Å². The average molecular weight is 239 g/mol. The van der Waals surface area contributed by atoms with Gasteiger partial charge < -0.3 is 20.3 Å². The van der Waals surface area contributed by atoms with Gasteiger partial charge in [0.15, 0.2) is 0 Å². The van der Waals surface area contributed by atoms with E-state index in [9.17, 15) is 10.2 Å². The Hall–Kier alpha value is -1.10. The highest BCUT2D eigenvalue weighted by Crippen LogP contribution is 2.17. The van der Waals surface area contributed by atoms with Crippen molar-refractivity contribution in [2.24, 2.45) is 0 Å². The van der Waals surface area contributed by atoms with Gasteiger partial charge in [-0.3, -0.25) is 0 Å². The van der Waals surface area contributed by atoms with E-state index < -0.39 is 6.10 Å². The van der Waals surface area contributed by atoms with Crippen LogP contribution in [0.25, 0.3) is 0 Å². The molecule has 0 aromatic heterocycles. The molecule has 4 nitrogen and oxygen atoms in total. The smallest absolute Gasteiger partial charge is 0.120 e. The van der Waals surface area contributed by atoms with Crippen LogP contribution in [-0.2, 0) is 11.3 Å². The lowest BCUT2D eigenvalue weighted by Crippen LogP contribution is -2.23. The van der Waals surface area contributed by atoms with Gasteiger partial charge in [-0.15, -0.1) is 0 Å². The van der Waals surface area contributed by atoms with Crippen LogP contribution >= 0.6 is 0 Å². The average Bonchev–Trinajstić information content (AvgIpc) is 2.29. The molecule has 96 valence electrons. The number of phenols is 1. The van der Waals surface area contributed by atoms with E-state index in [1.165, 1.54) is 0 Å². The first-order valence-electron chi connectivity index (χ1n) is 5.79. The van der Waals surface area contributed by atoms with Crippen LogP contribution in [0.1, 0.15) is 17.5 Å². The maximum absolute atomic E-state index is 9.62. The normalized spacial score (nSPS) is 12.6. The molecule has 3 N–H and O–H groups in total. The van der Waals surface area contributed by atoms with Gasteiger partial charge in [0, 0.05) is 19.2 Å². The van der Waals surface area contributed by atoms with E-state index in [4.69, 9.17) is 4.74 Å². The van der Waals surface area contributed by atoms with Crippen molar-refractivity contribution in [1.82, 2.24) is 5.32 Å². The minimum absolute atomic E-state index is 0.306. The molecule has 0 saturated carbocycles. The predicted octanol–water partition coefficient (Wildman–Crippen LogP) is 1.19. The molecule has 0 spiro atoms. The van der Waals surface area contributed by atoms with E-state index in [1.807, 2.05) is 19.1 Å². The van der Waals surface area contributed by atoms with Crippen molar-refractivity contribution in [2.75, 3.05) is 20.3 Å². The van der Waals surface area contributed by atoms with Gasteiger partial charge in [0.25, 0.3) is 0 Å². The zero-order chi connectivity index (χ0) is 12.7. The SMILES string of the molecule is COCC(O)CCNCc1cc(C)ccc1O. The summed E-state index contributed by atoms with van der Waals surface area (Å²) in [6.45, 7) is 3.65. The van der Waals surface area contributed by atoms with Crippen molar-refractivity contribution in [2.45, 2.75) is 26.0 Å². The van der Waals surface area contributed by atoms with Crippen molar-refractivity contribution in [3.05, 3.63) is 29.3 Å². The molecule has 0 fully saturated rings. The quantitative estimate of drug-likeness (QED) is 0.625. The van der Waals surface area contributed by atoms with E-state index in [-0.39, 0.29) is 0 Å². The molecule has 0 heterocycles. The van der Waals surface area contributed by atoms with Crippen LogP contribution in [0.15, 0.2) is 18.2 Å². The minimum Gasteiger partial charge on any atom is -0.508 e. The largest absolute Gasteiger partial charge is 0.508 e. The summed E-state index contributed by atoms with van der Waals surface area (Å²) in [5, 5.41) is 22.2. The van der Waals surface area contributed by atoms with Crippen LogP contribution in [0, 0.1) is 6.92 Å². The number of rotatable bonds is 7. The molecule has 1 aromatic rings. The lowest BCUT2D eigenvalue weighted by Gasteiger charge is -2.11. The molecule has 0 aliphatic carbocycles. The molecular weight excluding hydrogens is 218 g/mol. The first-order chi connectivity index (χ1) is 8.13. The second-order valence-corrected chi connectivity index (χ2v) is 4.21. The van der Waals surface area contributed by atoms with Gasteiger partial charge in [0.2, 0.25) is 0 Å². The third-order valence-electron chi connectivity index (χ3n) is 2.56. The fourth-order valence-corrected chi connectivity index (χ4v) is 1.62. The standard InChI is InChI=1S/C13H21NO3/c1-10-3-4-13(16)11(7-10)8-14-6-5-12(15)9-17-2/h3-4,7,12,14-16H,5-6,8-9H2,1-2H3. The lowest BCUT2D eigenvalue weighted by atomic mass is 10.1. The summed E-state index contributed by atoms with van der Waals surface area (Å²) in [5.41, 5.74) is 2.00. The van der Waals surface area contributed by atoms with Crippen molar-refractivity contribution in [1.29, 1.82) is 0 Å². The Morgan fingerprint density at radius 2 is 2.18 bits per heavy atom. The fourth-order valence-electron chi connectivity index (χ4n) is 1.62. The van der Waals surface area contributed by atoms with Crippen LogP contribution in [-0.4, -0.2) is 36.6 Å². The molecular formula is C13H21NO3. The third-order valence-corrected chi connectivity index (χ3v) is 2.56. The summed E-state index contributed by atoms with van der Waals surface area (Å²) in [4.78, 5) is 0. The van der Waals surface area contributed by atoms with Crippen LogP contribution in [0.4, 0.5) is 0 Å². The Balaban J connectivity index is 2.28. The van der Waals surface area contributed by atoms with Crippen molar-refractivity contribution >= 4 is 0 Å². The second-order valence-electron chi connectivity index (χ2n) is 4.21. The number of aryl methyl sites for hydroxylation is 1. The number of phenolic OH excluding ortho intramolecular Hbond substituents is 1. The number of ether oxygens (including phenoxy) is 1. The number of aliphatic hydroxyl groups excluding tert-OH is 1. The van der Waals surface area contributed by atoms with Gasteiger partial charge in [-0.05, 0) is 26.0 Å². The zero-order valence-corrected chi connectivity index (χ0v) is 10.4. The number of benzene rings is 1. The maximum atomic E-state index is 9.62. The Kier molecular flexibility index (Phi) is 5.97. The second kappa shape index (κ2) is 7.27. The highest BCUT2D eigenvalue weighted by molar-refractivity contribution is 5.35. The maximum Gasteiger partial charge on any atom is 0.120 e. The number of methoxy groups -OCH3 is 1. The molecule has 0 aliphatic rings. The van der Waals surface area contributed by atoms with E-state index in [0.717, 1.165) is 11.1 Å². The summed E-state index contributed by atoms with van der Waals surface area (Å²) in [6, 6.07) is 5.53. The topological polar surface area (TPSA) is 61.7 Å². The van der Waals surface area contributed by atoms with Crippen molar-refractivity contribution < 1.29 is 14.9 Å². The summed E-state index contributed by atoms with van der Waals surface area (Å²) in [5.74, 6) is 0.306. The first-order valence-corrected chi connectivity index (χ1v) is 5.79. The molecule has 0 aliphatic heterocycles. The van der Waals surface area contributed by atoms with Gasteiger partial charge in [-0.1, -0.05) is 17.7 Å². The molecule has 1 aromatic carbocycles. The monoisotopic (exact) mass is 239 g/mol. The molecule has 4 heteroatoms. The van der Waals surface area contributed by atoms with E-state index in [0.29, 0.717) is 31.9 Å². The number of aromatic hydroxyl groups is 1. The first kappa shape index (κ1) is 14.0. The summed E-state index contributed by atoms with van der Waals surface area (Å²) < 4.78 is 4.84. The molecule has 1 unspecified atom stereocenters. The molecule has 17 heavy (non-hydrogen) atoms. The van der Waals surface area contributed by atoms with Crippen molar-refractivity contribution in [3.63, 3.8) is 0 Å². The van der Waals surface area contributed by atoms with Gasteiger partial charge >= 0.3 is 0 Å². The predicted molar refractivity (Wildman–Crippen MR) is 67.1 cm³/mol. The number of aliphatic hydroxyl groups is 1. The Morgan fingerprint density at radius 3 is 2.88 bits per heavy atom. The molecule has 0 saturated heterocycles. The molecule has 0 amide bonds. The molecule has 0 bridgehead atoms. The molecule has 1 rings (SSSR count). The van der Waals surface area contributed by atoms with Crippen LogP contribution in [0.2, 0.25) is 0 Å². The van der Waals surface area contributed by atoms with Crippen molar-refractivity contribution in [3.8, 4) is 5.75 Å². The number of hydrogen-bond donors (Lipinski definition) is 3. The van der Waals surface area contributed by atoms with Gasteiger partial charge in [0.05, 0.1) is 12.7 Å². The fraction of sp³-hybridized carbons (Fsp3) is 0.538. The third kappa shape index (κ3) is 5.17. The lowest BCUT2D eigenvalue weighted by molar-refractivity contribution is 0.0594. The van der Waals surface area contributed by atoms with Gasteiger partial charge in [0.1, 0.15) is 5.75 Å². The Labute approximate surface area is 102 Å². The highest BCUT2D eigenvalue weighted by atomic mass is 16.5. The highest BCUT2D eigenvalue weighted by Gasteiger charge is 2.04. The van der Waals surface area contributed by atoms with Crippen LogP contribution in [0.5, 0.6) is 5.75 Å². The Bertz CT molecular complexity index is 341.